The van der Waals surface area contributed by atoms with E-state index in [1.807, 2.05) is 32.2 Å². The molecule has 0 radical (unpaired) electrons. The number of nitrogens with zero attached hydrogens (tertiary/aromatic N) is 2. The largest absolute Gasteiger partial charge is 0.355 e. The van der Waals surface area contributed by atoms with Gasteiger partial charge in [0.05, 0.1) is 11.4 Å². The first-order valence-electron chi connectivity index (χ1n) is 6.54. The second-order valence-electron chi connectivity index (χ2n) is 5.23. The van der Waals surface area contributed by atoms with E-state index >= 15 is 0 Å². The first-order chi connectivity index (χ1) is 8.99. The monoisotopic (exact) mass is 277 g/mol. The number of nitrogens with one attached hydrogen (secondary N) is 1. The van der Waals surface area contributed by atoms with Crippen LogP contribution >= 0.6 is 11.6 Å². The smallest absolute Gasteiger partial charge is 0.207 e. The van der Waals surface area contributed by atoms with Crippen molar-refractivity contribution >= 4 is 17.5 Å². The fourth-order valence-electron chi connectivity index (χ4n) is 1.96. The Balaban J connectivity index is 2.41. The highest BCUT2D eigenvalue weighted by Crippen LogP contribution is 2.25. The van der Waals surface area contributed by atoms with Crippen molar-refractivity contribution in [2.24, 2.45) is 5.92 Å². The van der Waals surface area contributed by atoms with E-state index in [-0.39, 0.29) is 0 Å². The Labute approximate surface area is 119 Å². The first kappa shape index (κ1) is 13.9. The molecule has 2 rings (SSSR count). The molecule has 1 heterocycles. The molecule has 1 N–H and O–H groups in total. The molecule has 0 atom stereocenters. The van der Waals surface area contributed by atoms with Gasteiger partial charge in [0.1, 0.15) is 0 Å². The molecule has 4 heteroatoms. The average Bonchev–Trinajstić information content (AvgIpc) is 2.71. The SMILES string of the molecule is Cc1cn(-c2cccc(Cl)c2C)c(NCC(C)C)n1. The van der Waals surface area contributed by atoms with Crippen LogP contribution in [0.5, 0.6) is 0 Å². The molecule has 0 aliphatic carbocycles. The van der Waals surface area contributed by atoms with Gasteiger partial charge in [0.2, 0.25) is 5.95 Å². The Kier molecular flexibility index (Phi) is 4.15. The number of hydrogen-bond donors (Lipinski definition) is 1. The van der Waals surface area contributed by atoms with Gasteiger partial charge in [0.25, 0.3) is 0 Å². The van der Waals surface area contributed by atoms with Crippen molar-refractivity contribution in [2.45, 2.75) is 27.7 Å². The molecule has 19 heavy (non-hydrogen) atoms. The summed E-state index contributed by atoms with van der Waals surface area (Å²) >= 11 is 6.20. The summed E-state index contributed by atoms with van der Waals surface area (Å²) in [4.78, 5) is 4.54. The highest BCUT2D eigenvalue weighted by Gasteiger charge is 2.11. The third-order valence-corrected chi connectivity index (χ3v) is 3.40. The summed E-state index contributed by atoms with van der Waals surface area (Å²) in [6.07, 6.45) is 2.03. The van der Waals surface area contributed by atoms with Gasteiger partial charge in [-0.3, -0.25) is 4.57 Å². The van der Waals surface area contributed by atoms with E-state index < -0.39 is 0 Å². The molecule has 1 aromatic heterocycles. The number of rotatable bonds is 4. The van der Waals surface area contributed by atoms with E-state index in [2.05, 4.69) is 34.8 Å². The standard InChI is InChI=1S/C15H20ClN3/c1-10(2)8-17-15-18-11(3)9-19(15)14-7-5-6-13(16)12(14)4/h5-7,9-10H,8H2,1-4H3,(H,17,18). The molecule has 1 aromatic carbocycles. The lowest BCUT2D eigenvalue weighted by molar-refractivity contribution is 0.683. The van der Waals surface area contributed by atoms with E-state index in [1.54, 1.807) is 0 Å². The average molecular weight is 278 g/mol. The summed E-state index contributed by atoms with van der Waals surface area (Å²) in [5, 5.41) is 4.16. The van der Waals surface area contributed by atoms with E-state index in [4.69, 9.17) is 11.6 Å². The highest BCUT2D eigenvalue weighted by atomic mass is 35.5. The van der Waals surface area contributed by atoms with Crippen LogP contribution in [0.4, 0.5) is 5.95 Å². The number of hydrogen-bond acceptors (Lipinski definition) is 2. The quantitative estimate of drug-likeness (QED) is 0.907. The van der Waals surface area contributed by atoms with Crippen LogP contribution in [0.2, 0.25) is 5.02 Å². The fourth-order valence-corrected chi connectivity index (χ4v) is 2.13. The van der Waals surface area contributed by atoms with Crippen molar-refractivity contribution in [3.63, 3.8) is 0 Å². The van der Waals surface area contributed by atoms with Crippen molar-refractivity contribution in [3.05, 3.63) is 40.7 Å². The van der Waals surface area contributed by atoms with Gasteiger partial charge < -0.3 is 5.32 Å². The maximum atomic E-state index is 6.20. The summed E-state index contributed by atoms with van der Waals surface area (Å²) in [5.74, 6) is 1.45. The summed E-state index contributed by atoms with van der Waals surface area (Å²) in [6, 6.07) is 5.93. The van der Waals surface area contributed by atoms with Crippen molar-refractivity contribution in [3.8, 4) is 5.69 Å². The molecule has 0 aliphatic rings. The normalized spacial score (nSPS) is 11.1. The molecule has 0 saturated heterocycles. The molecule has 0 amide bonds. The molecule has 102 valence electrons. The van der Waals surface area contributed by atoms with Gasteiger partial charge in [-0.1, -0.05) is 31.5 Å². The van der Waals surface area contributed by atoms with Crippen molar-refractivity contribution in [1.29, 1.82) is 0 Å². The van der Waals surface area contributed by atoms with Gasteiger partial charge in [0, 0.05) is 17.8 Å². The predicted molar refractivity (Wildman–Crippen MR) is 81.4 cm³/mol. The minimum absolute atomic E-state index is 0.575. The minimum Gasteiger partial charge on any atom is -0.355 e. The minimum atomic E-state index is 0.575. The van der Waals surface area contributed by atoms with E-state index in [1.165, 1.54) is 0 Å². The maximum absolute atomic E-state index is 6.20. The maximum Gasteiger partial charge on any atom is 0.207 e. The van der Waals surface area contributed by atoms with Crippen LogP contribution in [0.1, 0.15) is 25.1 Å². The number of benzene rings is 1. The van der Waals surface area contributed by atoms with E-state index in [9.17, 15) is 0 Å². The fraction of sp³-hybridized carbons (Fsp3) is 0.400. The molecular formula is C15H20ClN3. The first-order valence-corrected chi connectivity index (χ1v) is 6.92. The van der Waals surface area contributed by atoms with Crippen LogP contribution in [-0.2, 0) is 0 Å². The Hall–Kier alpha value is -1.48. The van der Waals surface area contributed by atoms with Crippen LogP contribution in [0.25, 0.3) is 5.69 Å². The highest BCUT2D eigenvalue weighted by molar-refractivity contribution is 6.31. The number of halogens is 1. The third kappa shape index (κ3) is 3.10. The van der Waals surface area contributed by atoms with Gasteiger partial charge in [-0.05, 0) is 37.5 Å². The van der Waals surface area contributed by atoms with Crippen LogP contribution < -0.4 is 5.32 Å². The molecule has 3 nitrogen and oxygen atoms in total. The lowest BCUT2D eigenvalue weighted by atomic mass is 10.2. The van der Waals surface area contributed by atoms with Crippen LogP contribution in [0, 0.1) is 19.8 Å². The molecule has 0 spiro atoms. The number of aryl methyl sites for hydroxylation is 1. The molecule has 0 unspecified atom stereocenters. The number of imidazole rings is 1. The lowest BCUT2D eigenvalue weighted by Crippen LogP contribution is -2.12. The van der Waals surface area contributed by atoms with Crippen molar-refractivity contribution in [1.82, 2.24) is 9.55 Å². The molecule has 0 bridgehead atoms. The van der Waals surface area contributed by atoms with Crippen LogP contribution in [0.15, 0.2) is 24.4 Å². The van der Waals surface area contributed by atoms with E-state index in [0.29, 0.717) is 5.92 Å². The van der Waals surface area contributed by atoms with Crippen LogP contribution in [-0.4, -0.2) is 16.1 Å². The summed E-state index contributed by atoms with van der Waals surface area (Å²) in [7, 11) is 0. The Morgan fingerprint density at radius 2 is 2.05 bits per heavy atom. The number of anilines is 1. The van der Waals surface area contributed by atoms with E-state index in [0.717, 1.165) is 34.5 Å². The summed E-state index contributed by atoms with van der Waals surface area (Å²) in [5.41, 5.74) is 3.12. The molecule has 2 aromatic rings. The van der Waals surface area contributed by atoms with Gasteiger partial charge in [-0.15, -0.1) is 0 Å². The Bertz CT molecular complexity index is 573. The Morgan fingerprint density at radius 3 is 2.74 bits per heavy atom. The molecule has 0 fully saturated rings. The number of aromatic nitrogens is 2. The zero-order valence-corrected chi connectivity index (χ0v) is 12.6. The predicted octanol–water partition coefficient (Wildman–Crippen LogP) is 4.21. The lowest BCUT2D eigenvalue weighted by Gasteiger charge is -2.13. The molecule has 0 aliphatic heterocycles. The Morgan fingerprint density at radius 1 is 1.32 bits per heavy atom. The second kappa shape index (κ2) is 5.66. The van der Waals surface area contributed by atoms with Gasteiger partial charge in [-0.2, -0.15) is 0 Å². The summed E-state index contributed by atoms with van der Waals surface area (Å²) in [6.45, 7) is 9.28. The third-order valence-electron chi connectivity index (χ3n) is 2.99. The summed E-state index contributed by atoms with van der Waals surface area (Å²) < 4.78 is 2.07. The zero-order valence-electron chi connectivity index (χ0n) is 11.9. The van der Waals surface area contributed by atoms with Gasteiger partial charge >= 0.3 is 0 Å². The topological polar surface area (TPSA) is 29.9 Å². The van der Waals surface area contributed by atoms with Crippen LogP contribution in [0.3, 0.4) is 0 Å². The van der Waals surface area contributed by atoms with Crippen molar-refractivity contribution < 1.29 is 0 Å². The van der Waals surface area contributed by atoms with Gasteiger partial charge in [-0.25, -0.2) is 4.98 Å². The molecular weight excluding hydrogens is 258 g/mol. The second-order valence-corrected chi connectivity index (χ2v) is 5.64. The molecule has 0 saturated carbocycles. The van der Waals surface area contributed by atoms with Crippen molar-refractivity contribution in [2.75, 3.05) is 11.9 Å². The van der Waals surface area contributed by atoms with Gasteiger partial charge in [0.15, 0.2) is 0 Å². The zero-order chi connectivity index (χ0) is 14.0.